The second kappa shape index (κ2) is 13.8. The Morgan fingerprint density at radius 2 is 1.66 bits per heavy atom. The molecule has 0 unspecified atom stereocenters. The van der Waals surface area contributed by atoms with Crippen LogP contribution >= 0.6 is 0 Å². The van der Waals surface area contributed by atoms with Crippen molar-refractivity contribution in [2.45, 2.75) is 71.8 Å². The zero-order valence-corrected chi connectivity index (χ0v) is 23.1. The van der Waals surface area contributed by atoms with Crippen LogP contribution in [-0.2, 0) is 13.0 Å². The maximum Gasteiger partial charge on any atom is 0.251 e. The highest BCUT2D eigenvalue weighted by molar-refractivity contribution is 5.94. The molecule has 1 N–H and O–H groups in total. The Balaban J connectivity index is 1.23. The number of hydrogen-bond donors (Lipinski definition) is 1. The van der Waals surface area contributed by atoms with Crippen LogP contribution in [0.15, 0.2) is 72.8 Å². The highest BCUT2D eigenvalue weighted by Gasteiger charge is 2.11. The van der Waals surface area contributed by atoms with E-state index in [9.17, 15) is 4.79 Å². The second-order valence-electron chi connectivity index (χ2n) is 10.3. The SMILES string of the molecule is Cc1ccc(C(=O)NCCCCCc2nc3ccccc3n2CCCCOc2ccccc2C(C)C)cc1. The van der Waals surface area contributed by atoms with Crippen molar-refractivity contribution < 1.29 is 9.53 Å². The van der Waals surface area contributed by atoms with Gasteiger partial charge in [0.05, 0.1) is 17.6 Å². The molecule has 4 rings (SSSR count). The third-order valence-corrected chi connectivity index (χ3v) is 6.98. The summed E-state index contributed by atoms with van der Waals surface area (Å²) in [6.07, 6.45) is 6.06. The molecule has 5 heteroatoms. The maximum atomic E-state index is 12.3. The van der Waals surface area contributed by atoms with E-state index in [0.29, 0.717) is 12.5 Å². The normalized spacial score (nSPS) is 11.3. The predicted octanol–water partition coefficient (Wildman–Crippen LogP) is 7.47. The van der Waals surface area contributed by atoms with Gasteiger partial charge in [0.2, 0.25) is 0 Å². The van der Waals surface area contributed by atoms with E-state index < -0.39 is 0 Å². The molecule has 38 heavy (non-hydrogen) atoms. The number of nitrogens with zero attached hydrogens (tertiary/aromatic N) is 2. The van der Waals surface area contributed by atoms with Gasteiger partial charge in [0.15, 0.2) is 0 Å². The summed E-state index contributed by atoms with van der Waals surface area (Å²) >= 11 is 0. The van der Waals surface area contributed by atoms with Gasteiger partial charge in [0, 0.05) is 25.1 Å². The number of rotatable bonds is 14. The zero-order valence-electron chi connectivity index (χ0n) is 23.1. The van der Waals surface area contributed by atoms with Crippen LogP contribution in [0.1, 0.15) is 79.2 Å². The summed E-state index contributed by atoms with van der Waals surface area (Å²) in [5, 5.41) is 3.04. The number of carbonyl (C=O) groups is 1. The number of ether oxygens (including phenoxy) is 1. The highest BCUT2D eigenvalue weighted by atomic mass is 16.5. The van der Waals surface area contributed by atoms with E-state index in [4.69, 9.17) is 9.72 Å². The number of hydrogen-bond acceptors (Lipinski definition) is 3. The van der Waals surface area contributed by atoms with Crippen molar-refractivity contribution in [2.75, 3.05) is 13.2 Å². The van der Waals surface area contributed by atoms with Crippen molar-refractivity contribution in [1.29, 1.82) is 0 Å². The lowest BCUT2D eigenvalue weighted by molar-refractivity contribution is 0.0953. The molecule has 0 spiro atoms. The number of carbonyl (C=O) groups excluding carboxylic acids is 1. The number of nitrogens with one attached hydrogen (secondary N) is 1. The first-order chi connectivity index (χ1) is 18.5. The Morgan fingerprint density at radius 1 is 0.895 bits per heavy atom. The minimum Gasteiger partial charge on any atom is -0.493 e. The molecule has 0 atom stereocenters. The molecule has 0 fully saturated rings. The monoisotopic (exact) mass is 511 g/mol. The molecular weight excluding hydrogens is 470 g/mol. The number of aryl methyl sites for hydroxylation is 3. The van der Waals surface area contributed by atoms with Gasteiger partial charge in [-0.1, -0.05) is 68.3 Å². The molecule has 1 heterocycles. The van der Waals surface area contributed by atoms with E-state index in [1.165, 1.54) is 11.1 Å². The Hall–Kier alpha value is -3.60. The molecule has 0 bridgehead atoms. The van der Waals surface area contributed by atoms with Crippen LogP contribution in [0, 0.1) is 6.92 Å². The number of unbranched alkanes of at least 4 members (excludes halogenated alkanes) is 3. The molecule has 200 valence electrons. The van der Waals surface area contributed by atoms with Gasteiger partial charge in [-0.2, -0.15) is 0 Å². The fraction of sp³-hybridized carbons (Fsp3) is 0.394. The minimum atomic E-state index is 0.00321. The highest BCUT2D eigenvalue weighted by Crippen LogP contribution is 2.26. The van der Waals surface area contributed by atoms with E-state index in [0.717, 1.165) is 79.9 Å². The van der Waals surface area contributed by atoms with Gasteiger partial charge in [-0.3, -0.25) is 4.79 Å². The van der Waals surface area contributed by atoms with Crippen LogP contribution in [0.3, 0.4) is 0 Å². The molecule has 1 aromatic heterocycles. The molecule has 0 radical (unpaired) electrons. The first-order valence-electron chi connectivity index (χ1n) is 14.0. The van der Waals surface area contributed by atoms with Gasteiger partial charge < -0.3 is 14.6 Å². The Labute approximate surface area is 227 Å². The van der Waals surface area contributed by atoms with Crippen LogP contribution in [0.4, 0.5) is 0 Å². The van der Waals surface area contributed by atoms with Gasteiger partial charge in [0.25, 0.3) is 5.91 Å². The number of para-hydroxylation sites is 3. The summed E-state index contributed by atoms with van der Waals surface area (Å²) < 4.78 is 8.52. The van der Waals surface area contributed by atoms with Crippen molar-refractivity contribution in [3.05, 3.63) is 95.3 Å². The third-order valence-electron chi connectivity index (χ3n) is 6.98. The largest absolute Gasteiger partial charge is 0.493 e. The number of benzene rings is 3. The quantitative estimate of drug-likeness (QED) is 0.179. The predicted molar refractivity (Wildman–Crippen MR) is 156 cm³/mol. The van der Waals surface area contributed by atoms with Crippen LogP contribution in [-0.4, -0.2) is 28.6 Å². The Bertz CT molecular complexity index is 1310. The van der Waals surface area contributed by atoms with Crippen LogP contribution in [0.5, 0.6) is 5.75 Å². The standard InChI is InChI=1S/C33H41N3O2/c1-25(2)28-13-6-9-16-31(28)38-24-12-11-23-36-30-15-8-7-14-29(30)35-32(36)17-5-4-10-22-34-33(37)27-20-18-26(3)19-21-27/h6-9,13-16,18-21,25H,4-5,10-12,17,22-24H2,1-3H3,(H,34,37). The fourth-order valence-corrected chi connectivity index (χ4v) is 4.80. The average molecular weight is 512 g/mol. The molecule has 5 nitrogen and oxygen atoms in total. The molecule has 1 amide bonds. The van der Waals surface area contributed by atoms with Crippen molar-refractivity contribution in [3.63, 3.8) is 0 Å². The summed E-state index contributed by atoms with van der Waals surface area (Å²) in [6, 6.07) is 24.5. The second-order valence-corrected chi connectivity index (χ2v) is 10.3. The van der Waals surface area contributed by atoms with Gasteiger partial charge in [-0.15, -0.1) is 0 Å². The number of amides is 1. The first-order valence-corrected chi connectivity index (χ1v) is 14.0. The van der Waals surface area contributed by atoms with Crippen LogP contribution in [0.25, 0.3) is 11.0 Å². The summed E-state index contributed by atoms with van der Waals surface area (Å²) in [5.41, 5.74) is 5.42. The summed E-state index contributed by atoms with van der Waals surface area (Å²) in [4.78, 5) is 17.2. The lowest BCUT2D eigenvalue weighted by Crippen LogP contribution is -2.24. The third kappa shape index (κ3) is 7.47. The Morgan fingerprint density at radius 3 is 2.47 bits per heavy atom. The van der Waals surface area contributed by atoms with Gasteiger partial charge >= 0.3 is 0 Å². The topological polar surface area (TPSA) is 56.2 Å². The van der Waals surface area contributed by atoms with Crippen molar-refractivity contribution >= 4 is 16.9 Å². The van der Waals surface area contributed by atoms with Crippen LogP contribution in [0.2, 0.25) is 0 Å². The molecule has 0 aliphatic heterocycles. The van der Waals surface area contributed by atoms with E-state index in [2.05, 4.69) is 66.2 Å². The van der Waals surface area contributed by atoms with Gasteiger partial charge in [0.1, 0.15) is 11.6 Å². The van der Waals surface area contributed by atoms with Crippen molar-refractivity contribution in [3.8, 4) is 5.75 Å². The summed E-state index contributed by atoms with van der Waals surface area (Å²) in [5.74, 6) is 2.62. The minimum absolute atomic E-state index is 0.00321. The fourth-order valence-electron chi connectivity index (χ4n) is 4.80. The van der Waals surface area contributed by atoms with Crippen molar-refractivity contribution in [1.82, 2.24) is 14.9 Å². The lowest BCUT2D eigenvalue weighted by Gasteiger charge is -2.14. The first kappa shape index (κ1) is 27.4. The zero-order chi connectivity index (χ0) is 26.7. The molecule has 0 aliphatic rings. The van der Waals surface area contributed by atoms with E-state index in [-0.39, 0.29) is 5.91 Å². The summed E-state index contributed by atoms with van der Waals surface area (Å²) in [7, 11) is 0. The van der Waals surface area contributed by atoms with Gasteiger partial charge in [-0.05, 0) is 74.4 Å². The molecule has 0 aliphatic carbocycles. The number of fused-ring (bicyclic) bond motifs is 1. The van der Waals surface area contributed by atoms with Gasteiger partial charge in [-0.25, -0.2) is 4.98 Å². The van der Waals surface area contributed by atoms with E-state index in [1.807, 2.05) is 37.3 Å². The summed E-state index contributed by atoms with van der Waals surface area (Å²) in [6.45, 7) is 8.80. The number of imidazole rings is 1. The van der Waals surface area contributed by atoms with Crippen LogP contribution < -0.4 is 10.1 Å². The number of aromatic nitrogens is 2. The van der Waals surface area contributed by atoms with Crippen molar-refractivity contribution in [2.24, 2.45) is 0 Å². The molecular formula is C33H41N3O2. The smallest absolute Gasteiger partial charge is 0.251 e. The molecule has 3 aromatic carbocycles. The van der Waals surface area contributed by atoms with E-state index in [1.54, 1.807) is 0 Å². The molecule has 0 saturated carbocycles. The Kier molecular flexibility index (Phi) is 9.97. The maximum absolute atomic E-state index is 12.3. The molecule has 4 aromatic rings. The average Bonchev–Trinajstić information content (AvgIpc) is 3.28. The molecule has 0 saturated heterocycles. The lowest BCUT2D eigenvalue weighted by atomic mass is 10.0. The van der Waals surface area contributed by atoms with E-state index >= 15 is 0 Å².